The van der Waals surface area contributed by atoms with E-state index in [9.17, 15) is 18.0 Å². The molecule has 9 heteroatoms. The van der Waals surface area contributed by atoms with E-state index in [1.807, 2.05) is 0 Å². The Morgan fingerprint density at radius 2 is 1.96 bits per heavy atom. The summed E-state index contributed by atoms with van der Waals surface area (Å²) in [4.78, 5) is 23.3. The molecule has 0 unspecified atom stereocenters. The summed E-state index contributed by atoms with van der Waals surface area (Å²) in [5.74, 6) is -0.415. The van der Waals surface area contributed by atoms with Gasteiger partial charge < -0.3 is 5.32 Å². The summed E-state index contributed by atoms with van der Waals surface area (Å²) in [5.41, 5.74) is 1.20. The molecule has 2 rings (SSSR count). The van der Waals surface area contributed by atoms with Crippen molar-refractivity contribution in [3.05, 3.63) is 29.8 Å². The number of nitrogens with zero attached hydrogens (tertiary/aromatic N) is 2. The van der Waals surface area contributed by atoms with E-state index in [1.54, 1.807) is 12.1 Å². The topological polar surface area (TPSA) is 122 Å². The number of hydrazone groups is 1. The Morgan fingerprint density at radius 1 is 1.30 bits per heavy atom. The second kappa shape index (κ2) is 6.88. The minimum atomic E-state index is -3.70. The van der Waals surface area contributed by atoms with E-state index in [0.29, 0.717) is 25.1 Å². The van der Waals surface area contributed by atoms with Crippen molar-refractivity contribution < 1.29 is 18.0 Å². The standard InChI is InChI=1S/C14H18N4O4S/c1-18-13(19)7-6-12(17-18)14(20)16-9-8-10-2-4-11(5-3-10)23(15,21)22/h2-5H,6-9H2,1H3,(H,16,20)(H2,15,21,22). The molecule has 0 aliphatic carbocycles. The molecule has 1 aromatic rings. The van der Waals surface area contributed by atoms with Crippen molar-refractivity contribution in [3.8, 4) is 0 Å². The molecule has 124 valence electrons. The number of nitrogens with two attached hydrogens (primary N) is 1. The molecule has 0 aromatic heterocycles. The summed E-state index contributed by atoms with van der Waals surface area (Å²) in [6.07, 6.45) is 1.15. The Morgan fingerprint density at radius 3 is 2.52 bits per heavy atom. The van der Waals surface area contributed by atoms with Gasteiger partial charge in [-0.2, -0.15) is 5.10 Å². The molecule has 0 fully saturated rings. The number of carbonyl (C=O) groups excluding carboxylic acids is 2. The first-order valence-electron chi connectivity index (χ1n) is 7.01. The third kappa shape index (κ3) is 4.60. The molecule has 0 atom stereocenters. The number of hydrogen-bond acceptors (Lipinski definition) is 5. The van der Waals surface area contributed by atoms with Gasteiger partial charge in [0, 0.05) is 26.4 Å². The van der Waals surface area contributed by atoms with Gasteiger partial charge in [0.05, 0.1) is 4.90 Å². The molecule has 1 heterocycles. The predicted molar refractivity (Wildman–Crippen MR) is 84.0 cm³/mol. The van der Waals surface area contributed by atoms with Crippen LogP contribution in [0.5, 0.6) is 0 Å². The van der Waals surface area contributed by atoms with Gasteiger partial charge in [-0.15, -0.1) is 0 Å². The van der Waals surface area contributed by atoms with Crippen molar-refractivity contribution in [3.63, 3.8) is 0 Å². The van der Waals surface area contributed by atoms with Crippen molar-refractivity contribution in [2.75, 3.05) is 13.6 Å². The number of hydrogen-bond donors (Lipinski definition) is 2. The number of primary sulfonamides is 1. The second-order valence-electron chi connectivity index (χ2n) is 5.16. The van der Waals surface area contributed by atoms with Crippen LogP contribution in [-0.2, 0) is 26.0 Å². The molecule has 23 heavy (non-hydrogen) atoms. The molecule has 0 radical (unpaired) electrons. The maximum atomic E-state index is 12.0. The third-order valence-corrected chi connectivity index (χ3v) is 4.35. The number of carbonyl (C=O) groups is 2. The molecule has 0 saturated heterocycles. The highest BCUT2D eigenvalue weighted by molar-refractivity contribution is 7.89. The smallest absolute Gasteiger partial charge is 0.267 e. The normalized spacial score (nSPS) is 15.3. The van der Waals surface area contributed by atoms with Gasteiger partial charge >= 0.3 is 0 Å². The highest BCUT2D eigenvalue weighted by Gasteiger charge is 2.21. The number of sulfonamides is 1. The third-order valence-electron chi connectivity index (χ3n) is 3.42. The van der Waals surface area contributed by atoms with E-state index in [4.69, 9.17) is 5.14 Å². The van der Waals surface area contributed by atoms with Crippen LogP contribution in [0.1, 0.15) is 18.4 Å². The molecular formula is C14H18N4O4S. The highest BCUT2D eigenvalue weighted by Crippen LogP contribution is 2.09. The van der Waals surface area contributed by atoms with Gasteiger partial charge in [-0.25, -0.2) is 18.6 Å². The predicted octanol–water partition coefficient (Wildman–Crippen LogP) is -0.399. The van der Waals surface area contributed by atoms with E-state index >= 15 is 0 Å². The van der Waals surface area contributed by atoms with Crippen molar-refractivity contribution in [2.45, 2.75) is 24.2 Å². The minimum Gasteiger partial charge on any atom is -0.351 e. The highest BCUT2D eigenvalue weighted by atomic mass is 32.2. The van der Waals surface area contributed by atoms with E-state index in [-0.39, 0.29) is 23.1 Å². The van der Waals surface area contributed by atoms with E-state index in [2.05, 4.69) is 10.4 Å². The lowest BCUT2D eigenvalue weighted by atomic mass is 10.1. The fourth-order valence-electron chi connectivity index (χ4n) is 2.10. The Balaban J connectivity index is 1.86. The van der Waals surface area contributed by atoms with Gasteiger partial charge in [0.25, 0.3) is 5.91 Å². The monoisotopic (exact) mass is 338 g/mol. The van der Waals surface area contributed by atoms with Crippen LogP contribution in [0.2, 0.25) is 0 Å². The minimum absolute atomic E-state index is 0.0505. The van der Waals surface area contributed by atoms with Gasteiger partial charge in [0.2, 0.25) is 15.9 Å². The summed E-state index contributed by atoms with van der Waals surface area (Å²) in [7, 11) is -2.18. The molecule has 0 saturated carbocycles. The van der Waals surface area contributed by atoms with Gasteiger partial charge in [0.1, 0.15) is 5.71 Å². The molecule has 3 N–H and O–H groups in total. The number of rotatable bonds is 5. The lowest BCUT2D eigenvalue weighted by Gasteiger charge is -2.18. The Hall–Kier alpha value is -2.26. The van der Waals surface area contributed by atoms with Gasteiger partial charge in [-0.1, -0.05) is 12.1 Å². The fourth-order valence-corrected chi connectivity index (χ4v) is 2.62. The van der Waals surface area contributed by atoms with Gasteiger partial charge in [-0.3, -0.25) is 9.59 Å². The van der Waals surface area contributed by atoms with Crippen LogP contribution in [0.15, 0.2) is 34.3 Å². The zero-order chi connectivity index (χ0) is 17.0. The lowest BCUT2D eigenvalue weighted by molar-refractivity contribution is -0.130. The lowest BCUT2D eigenvalue weighted by Crippen LogP contribution is -2.38. The summed E-state index contributed by atoms with van der Waals surface area (Å²) < 4.78 is 22.3. The first kappa shape index (κ1) is 17.1. The van der Waals surface area contributed by atoms with Crippen LogP contribution in [-0.4, -0.2) is 44.5 Å². The molecule has 8 nitrogen and oxygen atoms in total. The van der Waals surface area contributed by atoms with Crippen molar-refractivity contribution in [2.24, 2.45) is 10.2 Å². The maximum Gasteiger partial charge on any atom is 0.267 e. The van der Waals surface area contributed by atoms with Crippen molar-refractivity contribution in [1.29, 1.82) is 0 Å². The molecule has 0 bridgehead atoms. The largest absolute Gasteiger partial charge is 0.351 e. The van der Waals surface area contributed by atoms with Crippen LogP contribution in [0.4, 0.5) is 0 Å². The number of amides is 2. The summed E-state index contributed by atoms with van der Waals surface area (Å²) >= 11 is 0. The fraction of sp³-hybridized carbons (Fsp3) is 0.357. The quantitative estimate of drug-likeness (QED) is 0.758. The second-order valence-corrected chi connectivity index (χ2v) is 6.72. The molecular weight excluding hydrogens is 320 g/mol. The Kier molecular flexibility index (Phi) is 5.12. The van der Waals surface area contributed by atoms with Crippen molar-refractivity contribution >= 4 is 27.5 Å². The van der Waals surface area contributed by atoms with Crippen LogP contribution in [0.25, 0.3) is 0 Å². The Bertz CT molecular complexity index is 741. The average molecular weight is 338 g/mol. The van der Waals surface area contributed by atoms with Crippen LogP contribution in [0.3, 0.4) is 0 Å². The van der Waals surface area contributed by atoms with Crippen LogP contribution >= 0.6 is 0 Å². The van der Waals surface area contributed by atoms with Crippen molar-refractivity contribution in [1.82, 2.24) is 10.3 Å². The first-order valence-corrected chi connectivity index (χ1v) is 8.56. The molecule has 1 aromatic carbocycles. The van der Waals surface area contributed by atoms with Crippen LogP contribution in [0, 0.1) is 0 Å². The van der Waals surface area contributed by atoms with E-state index < -0.39 is 10.0 Å². The van der Waals surface area contributed by atoms with E-state index in [0.717, 1.165) is 5.56 Å². The van der Waals surface area contributed by atoms with E-state index in [1.165, 1.54) is 24.2 Å². The SMILES string of the molecule is CN1N=C(C(=O)NCCc2ccc(S(N)(=O)=O)cc2)CCC1=O. The van der Waals surface area contributed by atoms with Crippen LogP contribution < -0.4 is 10.5 Å². The molecule has 0 spiro atoms. The zero-order valence-corrected chi connectivity index (χ0v) is 13.5. The number of benzene rings is 1. The molecule has 1 aliphatic rings. The summed E-state index contributed by atoms with van der Waals surface area (Å²) in [5, 5.41) is 12.9. The summed E-state index contributed by atoms with van der Waals surface area (Å²) in [6, 6.07) is 6.16. The Labute approximate surface area is 134 Å². The summed E-state index contributed by atoms with van der Waals surface area (Å²) in [6.45, 7) is 0.379. The van der Waals surface area contributed by atoms with Gasteiger partial charge in [0.15, 0.2) is 0 Å². The maximum absolute atomic E-state index is 12.0. The average Bonchev–Trinajstić information content (AvgIpc) is 2.49. The first-order chi connectivity index (χ1) is 10.8. The number of nitrogens with one attached hydrogen (secondary N) is 1. The molecule has 1 aliphatic heterocycles. The zero-order valence-electron chi connectivity index (χ0n) is 12.7. The van der Waals surface area contributed by atoms with Gasteiger partial charge in [-0.05, 0) is 24.1 Å². The molecule has 2 amide bonds.